The van der Waals surface area contributed by atoms with Crippen LogP contribution in [0.25, 0.3) is 0 Å². The van der Waals surface area contributed by atoms with E-state index >= 15 is 0 Å². The van der Waals surface area contributed by atoms with Crippen molar-refractivity contribution in [3.63, 3.8) is 0 Å². The number of ether oxygens (including phenoxy) is 1. The number of sulfonamides is 1. The molecule has 3 N–H and O–H groups in total. The Kier molecular flexibility index (Phi) is 7.20. The van der Waals surface area contributed by atoms with E-state index < -0.39 is 28.4 Å². The predicted octanol–water partition coefficient (Wildman–Crippen LogP) is 1.34. The third-order valence-electron chi connectivity index (χ3n) is 2.06. The maximum atomic E-state index is 12.2. The number of hydrogen-bond acceptors (Lipinski definition) is 4. The summed E-state index contributed by atoms with van der Waals surface area (Å²) in [5.41, 5.74) is 5.30. The van der Waals surface area contributed by atoms with Gasteiger partial charge in [-0.25, -0.2) is 13.1 Å². The zero-order chi connectivity index (χ0) is 13.8. The lowest BCUT2D eigenvalue weighted by Crippen LogP contribution is -2.37. The third kappa shape index (κ3) is 5.27. The summed E-state index contributed by atoms with van der Waals surface area (Å²) >= 11 is 0. The average Bonchev–Trinajstić information content (AvgIpc) is 2.28. The van der Waals surface area contributed by atoms with Crippen LogP contribution in [0.2, 0.25) is 0 Å². The molecule has 0 aliphatic carbocycles. The number of alkyl halides is 2. The first-order valence-corrected chi connectivity index (χ1v) is 6.61. The zero-order valence-electron chi connectivity index (χ0n) is 10.0. The van der Waals surface area contributed by atoms with Crippen molar-refractivity contribution < 1.29 is 21.9 Å². The van der Waals surface area contributed by atoms with Gasteiger partial charge in [-0.15, -0.1) is 12.4 Å². The summed E-state index contributed by atoms with van der Waals surface area (Å²) in [6, 6.07) is 4.66. The van der Waals surface area contributed by atoms with Gasteiger partial charge in [-0.2, -0.15) is 8.78 Å². The molecule has 0 saturated carbocycles. The first kappa shape index (κ1) is 18.0. The summed E-state index contributed by atoms with van der Waals surface area (Å²) in [4.78, 5) is -0.342. The number of rotatable bonds is 6. The second-order valence-corrected chi connectivity index (χ2v) is 5.27. The molecule has 0 bridgehead atoms. The molecule has 0 heterocycles. The normalized spacial score (nSPS) is 12.9. The van der Waals surface area contributed by atoms with Gasteiger partial charge >= 0.3 is 6.61 Å². The van der Waals surface area contributed by atoms with E-state index in [0.717, 1.165) is 6.07 Å². The Bertz CT molecular complexity index is 499. The highest BCUT2D eigenvalue weighted by molar-refractivity contribution is 7.89. The lowest BCUT2D eigenvalue weighted by Gasteiger charge is -2.14. The van der Waals surface area contributed by atoms with Crippen LogP contribution in [-0.2, 0) is 10.0 Å². The van der Waals surface area contributed by atoms with Crippen molar-refractivity contribution in [3.05, 3.63) is 24.3 Å². The number of nitrogens with two attached hydrogens (primary N) is 1. The molecule has 19 heavy (non-hydrogen) atoms. The van der Waals surface area contributed by atoms with Crippen LogP contribution in [0.5, 0.6) is 5.75 Å². The molecule has 0 aromatic heterocycles. The van der Waals surface area contributed by atoms with Gasteiger partial charge in [0.25, 0.3) is 0 Å². The molecule has 0 spiro atoms. The van der Waals surface area contributed by atoms with Gasteiger partial charge in [-0.05, 0) is 19.1 Å². The van der Waals surface area contributed by atoms with Gasteiger partial charge in [-0.3, -0.25) is 0 Å². The van der Waals surface area contributed by atoms with Crippen LogP contribution in [0.15, 0.2) is 29.2 Å². The molecule has 110 valence electrons. The molecular weight excluding hydrogens is 302 g/mol. The van der Waals surface area contributed by atoms with Crippen LogP contribution in [0.3, 0.4) is 0 Å². The molecule has 1 aromatic carbocycles. The van der Waals surface area contributed by atoms with Crippen molar-refractivity contribution in [1.29, 1.82) is 0 Å². The minimum atomic E-state index is -3.94. The summed E-state index contributed by atoms with van der Waals surface area (Å²) in [5, 5.41) is 0. The van der Waals surface area contributed by atoms with Crippen molar-refractivity contribution in [2.24, 2.45) is 5.73 Å². The number of benzene rings is 1. The van der Waals surface area contributed by atoms with Gasteiger partial charge in [0.2, 0.25) is 10.0 Å². The molecule has 1 atom stereocenters. The number of halogens is 3. The maximum absolute atomic E-state index is 12.2. The van der Waals surface area contributed by atoms with Crippen LogP contribution in [0.1, 0.15) is 6.92 Å². The molecule has 0 amide bonds. The average molecular weight is 317 g/mol. The van der Waals surface area contributed by atoms with Crippen molar-refractivity contribution in [3.8, 4) is 5.75 Å². The highest BCUT2D eigenvalue weighted by atomic mass is 35.5. The molecule has 0 fully saturated rings. The monoisotopic (exact) mass is 316 g/mol. The quantitative estimate of drug-likeness (QED) is 0.829. The topological polar surface area (TPSA) is 81.4 Å². The molecule has 0 unspecified atom stereocenters. The second kappa shape index (κ2) is 7.59. The summed E-state index contributed by atoms with van der Waals surface area (Å²) in [7, 11) is -3.94. The van der Waals surface area contributed by atoms with E-state index in [4.69, 9.17) is 5.73 Å². The van der Waals surface area contributed by atoms with E-state index in [9.17, 15) is 17.2 Å². The highest BCUT2D eigenvalue weighted by Crippen LogP contribution is 2.24. The Morgan fingerprint density at radius 1 is 1.37 bits per heavy atom. The fraction of sp³-hybridized carbons (Fsp3) is 0.400. The Hall–Kier alpha value is -0.960. The smallest absolute Gasteiger partial charge is 0.387 e. The maximum Gasteiger partial charge on any atom is 0.387 e. The van der Waals surface area contributed by atoms with Crippen LogP contribution in [-0.4, -0.2) is 27.6 Å². The molecule has 5 nitrogen and oxygen atoms in total. The van der Waals surface area contributed by atoms with E-state index in [1.54, 1.807) is 6.92 Å². The van der Waals surface area contributed by atoms with E-state index in [2.05, 4.69) is 9.46 Å². The highest BCUT2D eigenvalue weighted by Gasteiger charge is 2.22. The standard InChI is InChI=1S/C10H14F2N2O3S.ClH/c1-7(6-13)14-18(15,16)9-5-3-2-4-8(9)17-10(11)12;/h2-5,7,10,14H,6,13H2,1H3;1H/t7-;/m0./s1. The van der Waals surface area contributed by atoms with Gasteiger partial charge in [0.15, 0.2) is 0 Å². The number of hydrogen-bond donors (Lipinski definition) is 2. The van der Waals surface area contributed by atoms with E-state index in [1.807, 2.05) is 0 Å². The molecule has 0 radical (unpaired) electrons. The minimum absolute atomic E-state index is 0. The predicted molar refractivity (Wildman–Crippen MR) is 69.2 cm³/mol. The minimum Gasteiger partial charge on any atom is -0.433 e. The summed E-state index contributed by atoms with van der Waals surface area (Å²) < 4.78 is 54.6. The number of para-hydroxylation sites is 1. The van der Waals surface area contributed by atoms with Crippen LogP contribution >= 0.6 is 12.4 Å². The molecule has 9 heteroatoms. The van der Waals surface area contributed by atoms with Crippen molar-refractivity contribution in [2.75, 3.05) is 6.54 Å². The van der Waals surface area contributed by atoms with Gasteiger partial charge in [0.1, 0.15) is 10.6 Å². The second-order valence-electron chi connectivity index (χ2n) is 3.58. The molecular formula is C10H15ClF2N2O3S. The lowest BCUT2D eigenvalue weighted by molar-refractivity contribution is -0.0517. The van der Waals surface area contributed by atoms with E-state index in [-0.39, 0.29) is 23.8 Å². The Labute approximate surface area is 116 Å². The van der Waals surface area contributed by atoms with Crippen LogP contribution in [0.4, 0.5) is 8.78 Å². The summed E-state index contributed by atoms with van der Waals surface area (Å²) in [6.45, 7) is -1.43. The van der Waals surface area contributed by atoms with Gasteiger partial charge in [-0.1, -0.05) is 12.1 Å². The fourth-order valence-corrected chi connectivity index (χ4v) is 2.63. The third-order valence-corrected chi connectivity index (χ3v) is 3.69. The largest absolute Gasteiger partial charge is 0.433 e. The molecule has 0 aliphatic heterocycles. The molecule has 0 saturated heterocycles. The fourth-order valence-electron chi connectivity index (χ4n) is 1.24. The van der Waals surface area contributed by atoms with Crippen LogP contribution < -0.4 is 15.2 Å². The summed E-state index contributed by atoms with van der Waals surface area (Å²) in [5.74, 6) is -0.399. The van der Waals surface area contributed by atoms with Crippen molar-refractivity contribution in [2.45, 2.75) is 24.5 Å². The SMILES string of the molecule is C[C@@H](CN)NS(=O)(=O)c1ccccc1OC(F)F.Cl. The van der Waals surface area contributed by atoms with E-state index in [0.29, 0.717) is 0 Å². The van der Waals surface area contributed by atoms with Crippen molar-refractivity contribution in [1.82, 2.24) is 4.72 Å². The Balaban J connectivity index is 0.00000324. The van der Waals surface area contributed by atoms with E-state index in [1.165, 1.54) is 18.2 Å². The lowest BCUT2D eigenvalue weighted by atomic mass is 10.3. The first-order valence-electron chi connectivity index (χ1n) is 5.13. The zero-order valence-corrected chi connectivity index (χ0v) is 11.7. The molecule has 1 aromatic rings. The van der Waals surface area contributed by atoms with Gasteiger partial charge in [0.05, 0.1) is 0 Å². The van der Waals surface area contributed by atoms with Gasteiger partial charge < -0.3 is 10.5 Å². The van der Waals surface area contributed by atoms with Crippen molar-refractivity contribution >= 4 is 22.4 Å². The number of nitrogens with one attached hydrogen (secondary N) is 1. The van der Waals surface area contributed by atoms with Crippen LogP contribution in [0, 0.1) is 0 Å². The molecule has 1 rings (SSSR count). The Morgan fingerprint density at radius 2 is 1.95 bits per heavy atom. The Morgan fingerprint density at radius 3 is 2.47 bits per heavy atom. The first-order chi connectivity index (χ1) is 8.36. The van der Waals surface area contributed by atoms with Gasteiger partial charge in [0, 0.05) is 12.6 Å². The molecule has 0 aliphatic rings. The summed E-state index contributed by atoms with van der Waals surface area (Å²) in [6.07, 6.45) is 0.